The molecule has 4 heterocycles. The van der Waals surface area contributed by atoms with E-state index >= 15 is 0 Å². The number of amides is 3. The second-order valence-corrected chi connectivity index (χ2v) is 8.67. The van der Waals surface area contributed by atoms with Crippen LogP contribution in [-0.2, 0) is 13.0 Å². The smallest absolute Gasteiger partial charge is 0.321 e. The Morgan fingerprint density at radius 1 is 1.30 bits per heavy atom. The van der Waals surface area contributed by atoms with Gasteiger partial charge in [0.25, 0.3) is 5.91 Å². The monoisotopic (exact) mass is 426 g/mol. The lowest BCUT2D eigenvalue weighted by Gasteiger charge is -2.25. The van der Waals surface area contributed by atoms with Gasteiger partial charge in [0.05, 0.1) is 18.5 Å². The van der Waals surface area contributed by atoms with Gasteiger partial charge in [0.15, 0.2) is 16.6 Å². The minimum Gasteiger partial charge on any atom is -0.463 e. The topological polar surface area (TPSA) is 116 Å². The lowest BCUT2D eigenvalue weighted by Crippen LogP contribution is -2.36. The fraction of sp³-hybridized carbons (Fsp3) is 0.400. The van der Waals surface area contributed by atoms with Crippen LogP contribution in [0, 0.1) is 0 Å². The van der Waals surface area contributed by atoms with Crippen molar-refractivity contribution in [2.45, 2.75) is 44.7 Å². The summed E-state index contributed by atoms with van der Waals surface area (Å²) in [6.45, 7) is 1.02. The molecule has 1 saturated carbocycles. The third-order valence-corrected chi connectivity index (χ3v) is 6.51. The van der Waals surface area contributed by atoms with Crippen LogP contribution in [0.1, 0.15) is 46.7 Å². The number of carbonyl (C=O) groups is 2. The Morgan fingerprint density at radius 2 is 2.17 bits per heavy atom. The van der Waals surface area contributed by atoms with E-state index in [0.29, 0.717) is 41.8 Å². The number of carbonyl (C=O) groups excluding carboxylic acids is 2. The van der Waals surface area contributed by atoms with Crippen molar-refractivity contribution in [3.05, 3.63) is 40.7 Å². The Bertz CT molecular complexity index is 1050. The first-order valence-corrected chi connectivity index (χ1v) is 10.9. The van der Waals surface area contributed by atoms with Crippen LogP contribution in [0.25, 0.3) is 11.5 Å². The molecule has 0 aromatic carbocycles. The predicted molar refractivity (Wildman–Crippen MR) is 111 cm³/mol. The minimum absolute atomic E-state index is 0.142. The average molecular weight is 427 g/mol. The van der Waals surface area contributed by atoms with Crippen LogP contribution < -0.4 is 10.6 Å². The lowest BCUT2D eigenvalue weighted by atomic mass is 10.1. The number of urea groups is 1. The van der Waals surface area contributed by atoms with E-state index in [2.05, 4.69) is 25.8 Å². The van der Waals surface area contributed by atoms with E-state index in [0.717, 1.165) is 23.4 Å². The summed E-state index contributed by atoms with van der Waals surface area (Å²) >= 11 is 1.42. The summed E-state index contributed by atoms with van der Waals surface area (Å²) in [6, 6.07) is 5.34. The molecular formula is C20H22N6O3S. The quantitative estimate of drug-likeness (QED) is 0.591. The summed E-state index contributed by atoms with van der Waals surface area (Å²) in [5.41, 5.74) is 1.96. The van der Waals surface area contributed by atoms with Crippen LogP contribution in [0.5, 0.6) is 0 Å². The van der Waals surface area contributed by atoms with Crippen LogP contribution in [0.2, 0.25) is 0 Å². The molecule has 5 rings (SSSR count). The molecule has 0 radical (unpaired) electrons. The maximum atomic E-state index is 12.9. The number of nitrogens with one attached hydrogen (secondary N) is 3. The number of rotatable bonds is 4. The third kappa shape index (κ3) is 3.82. The SMILES string of the molecule is O=C(Nc1nc2c(s1)CN(C(=O)c1cc(-c3ccco3)[nH]n1)CC2)NC1CCCC1. The number of aromatic amines is 1. The molecule has 1 aliphatic heterocycles. The fourth-order valence-corrected chi connectivity index (χ4v) is 4.98. The number of H-pyrrole nitrogens is 1. The number of hydrogen-bond donors (Lipinski definition) is 3. The van der Waals surface area contributed by atoms with Gasteiger partial charge < -0.3 is 14.6 Å². The van der Waals surface area contributed by atoms with Gasteiger partial charge in [-0.15, -0.1) is 0 Å². The number of fused-ring (bicyclic) bond motifs is 1. The lowest BCUT2D eigenvalue weighted by molar-refractivity contribution is 0.0730. The van der Waals surface area contributed by atoms with Gasteiger partial charge in [-0.25, -0.2) is 9.78 Å². The molecule has 3 aromatic heterocycles. The highest BCUT2D eigenvalue weighted by Gasteiger charge is 2.27. The fourth-order valence-electron chi connectivity index (χ4n) is 3.96. The third-order valence-electron chi connectivity index (χ3n) is 5.51. The highest BCUT2D eigenvalue weighted by Crippen LogP contribution is 2.29. The maximum absolute atomic E-state index is 12.9. The normalized spacial score (nSPS) is 16.5. The molecule has 10 heteroatoms. The second kappa shape index (κ2) is 7.94. The zero-order valence-electron chi connectivity index (χ0n) is 16.3. The van der Waals surface area contributed by atoms with Gasteiger partial charge in [-0.1, -0.05) is 24.2 Å². The Hall–Kier alpha value is -3.14. The molecule has 0 unspecified atom stereocenters. The Morgan fingerprint density at radius 3 is 2.97 bits per heavy atom. The minimum atomic E-state index is -0.206. The maximum Gasteiger partial charge on any atom is 0.321 e. The van der Waals surface area contributed by atoms with Gasteiger partial charge in [0.1, 0.15) is 5.69 Å². The number of anilines is 1. The van der Waals surface area contributed by atoms with Crippen molar-refractivity contribution >= 4 is 28.4 Å². The Labute approximate surface area is 176 Å². The number of nitrogens with zero attached hydrogens (tertiary/aromatic N) is 3. The molecule has 156 valence electrons. The zero-order valence-corrected chi connectivity index (χ0v) is 17.1. The van der Waals surface area contributed by atoms with Gasteiger partial charge in [0, 0.05) is 30.0 Å². The Balaban J connectivity index is 1.23. The summed E-state index contributed by atoms with van der Waals surface area (Å²) < 4.78 is 5.34. The Kier molecular flexibility index (Phi) is 4.99. The predicted octanol–water partition coefficient (Wildman–Crippen LogP) is 3.39. The summed E-state index contributed by atoms with van der Waals surface area (Å²) in [7, 11) is 0. The number of thiazole rings is 1. The summed E-state index contributed by atoms with van der Waals surface area (Å²) in [5, 5.41) is 13.4. The molecule has 1 fully saturated rings. The van der Waals surface area contributed by atoms with E-state index < -0.39 is 0 Å². The van der Waals surface area contributed by atoms with E-state index in [4.69, 9.17) is 4.42 Å². The molecule has 3 amide bonds. The molecule has 9 nitrogen and oxygen atoms in total. The first kappa shape index (κ1) is 18.9. The number of aromatic nitrogens is 3. The standard InChI is InChI=1S/C20H22N6O3S/c27-18(15-10-14(24-25-15)16-6-3-9-29-16)26-8-7-13-17(11-26)30-20(22-13)23-19(28)21-12-4-1-2-5-12/h3,6,9-10,12H,1-2,4-5,7-8,11H2,(H,24,25)(H2,21,22,23,28). The van der Waals surface area contributed by atoms with Crippen molar-refractivity contribution in [2.75, 3.05) is 11.9 Å². The molecular weight excluding hydrogens is 404 g/mol. The van der Waals surface area contributed by atoms with Crippen LogP contribution >= 0.6 is 11.3 Å². The van der Waals surface area contributed by atoms with E-state index in [9.17, 15) is 9.59 Å². The van der Waals surface area contributed by atoms with Gasteiger partial charge in [-0.3, -0.25) is 15.2 Å². The molecule has 2 aliphatic rings. The molecule has 0 atom stereocenters. The number of hydrogen-bond acceptors (Lipinski definition) is 6. The van der Waals surface area contributed by atoms with Crippen molar-refractivity contribution in [2.24, 2.45) is 0 Å². The first-order chi connectivity index (χ1) is 14.7. The first-order valence-electron chi connectivity index (χ1n) is 10.1. The van der Waals surface area contributed by atoms with E-state index in [1.54, 1.807) is 23.3 Å². The highest BCUT2D eigenvalue weighted by molar-refractivity contribution is 7.15. The van der Waals surface area contributed by atoms with Crippen molar-refractivity contribution in [1.29, 1.82) is 0 Å². The van der Waals surface area contributed by atoms with Crippen LogP contribution in [0.3, 0.4) is 0 Å². The van der Waals surface area contributed by atoms with Crippen LogP contribution in [0.15, 0.2) is 28.9 Å². The van der Waals surface area contributed by atoms with Gasteiger partial charge in [0.2, 0.25) is 0 Å². The van der Waals surface area contributed by atoms with Crippen molar-refractivity contribution in [3.8, 4) is 11.5 Å². The molecule has 3 aromatic rings. The largest absolute Gasteiger partial charge is 0.463 e. The van der Waals surface area contributed by atoms with E-state index in [1.165, 1.54) is 24.2 Å². The van der Waals surface area contributed by atoms with Crippen LogP contribution in [0.4, 0.5) is 9.93 Å². The van der Waals surface area contributed by atoms with Crippen molar-refractivity contribution in [1.82, 2.24) is 25.4 Å². The molecule has 3 N–H and O–H groups in total. The van der Waals surface area contributed by atoms with Crippen molar-refractivity contribution < 1.29 is 14.0 Å². The summed E-state index contributed by atoms with van der Waals surface area (Å²) in [4.78, 5) is 32.4. The van der Waals surface area contributed by atoms with E-state index in [1.807, 2.05) is 6.07 Å². The molecule has 0 spiro atoms. The summed E-state index contributed by atoms with van der Waals surface area (Å²) in [5.74, 6) is 0.494. The molecule has 0 bridgehead atoms. The van der Waals surface area contributed by atoms with Gasteiger partial charge >= 0.3 is 6.03 Å². The highest BCUT2D eigenvalue weighted by atomic mass is 32.1. The van der Waals surface area contributed by atoms with Crippen LogP contribution in [-0.4, -0.2) is 44.6 Å². The summed E-state index contributed by atoms with van der Waals surface area (Å²) in [6.07, 6.45) is 6.63. The zero-order chi connectivity index (χ0) is 20.5. The molecule has 30 heavy (non-hydrogen) atoms. The van der Waals surface area contributed by atoms with Gasteiger partial charge in [-0.2, -0.15) is 5.10 Å². The van der Waals surface area contributed by atoms with Crippen molar-refractivity contribution in [3.63, 3.8) is 0 Å². The molecule has 1 aliphatic carbocycles. The average Bonchev–Trinajstić information content (AvgIpc) is 3.53. The second-order valence-electron chi connectivity index (χ2n) is 7.59. The van der Waals surface area contributed by atoms with Gasteiger partial charge in [-0.05, 0) is 25.0 Å². The number of furan rings is 1. The van der Waals surface area contributed by atoms with E-state index in [-0.39, 0.29) is 18.0 Å². The molecule has 0 saturated heterocycles.